The maximum absolute atomic E-state index is 11.5. The number of rotatable bonds is 3. The van der Waals surface area contributed by atoms with Crippen molar-refractivity contribution in [2.45, 2.75) is 32.7 Å². The van der Waals surface area contributed by atoms with Crippen LogP contribution in [0, 0.1) is 5.92 Å². The molecule has 1 saturated heterocycles. The minimum atomic E-state index is 0.277. The molecule has 0 N–H and O–H groups in total. The van der Waals surface area contributed by atoms with E-state index in [1.807, 2.05) is 22.7 Å². The van der Waals surface area contributed by atoms with Gasteiger partial charge >= 0.3 is 0 Å². The quantitative estimate of drug-likeness (QED) is 0.764. The maximum atomic E-state index is 11.5. The molecule has 0 aromatic carbocycles. The standard InChI is InChI=1S/C11H18N4O/c1-2-11(16)14-6-3-10(4-7-14)9-15-8-5-12-13-15/h5,8,10H,2-4,6-7,9H2,1H3. The molecule has 1 aliphatic heterocycles. The summed E-state index contributed by atoms with van der Waals surface area (Å²) in [7, 11) is 0. The fourth-order valence-electron chi connectivity index (χ4n) is 2.18. The second-order valence-corrected chi connectivity index (χ2v) is 4.30. The lowest BCUT2D eigenvalue weighted by atomic mass is 9.96. The molecule has 88 valence electrons. The summed E-state index contributed by atoms with van der Waals surface area (Å²) in [6.45, 7) is 4.63. The fraction of sp³-hybridized carbons (Fsp3) is 0.727. The van der Waals surface area contributed by atoms with Crippen LogP contribution in [0.3, 0.4) is 0 Å². The van der Waals surface area contributed by atoms with E-state index in [1.165, 1.54) is 0 Å². The molecule has 0 aliphatic carbocycles. The van der Waals surface area contributed by atoms with E-state index < -0.39 is 0 Å². The molecule has 1 aliphatic rings. The van der Waals surface area contributed by atoms with Gasteiger partial charge in [-0.1, -0.05) is 12.1 Å². The third kappa shape index (κ3) is 2.59. The van der Waals surface area contributed by atoms with Crippen LogP contribution in [0.1, 0.15) is 26.2 Å². The van der Waals surface area contributed by atoms with Crippen molar-refractivity contribution in [3.63, 3.8) is 0 Å². The molecule has 0 unspecified atom stereocenters. The molecular formula is C11H18N4O. The molecule has 0 atom stereocenters. The van der Waals surface area contributed by atoms with Gasteiger partial charge in [0.1, 0.15) is 0 Å². The van der Waals surface area contributed by atoms with Crippen molar-refractivity contribution in [1.29, 1.82) is 0 Å². The van der Waals surface area contributed by atoms with E-state index in [9.17, 15) is 4.79 Å². The van der Waals surface area contributed by atoms with Crippen molar-refractivity contribution in [3.8, 4) is 0 Å². The Bertz CT molecular complexity index is 328. The predicted octanol–water partition coefficient (Wildman–Crippen LogP) is 0.927. The van der Waals surface area contributed by atoms with Crippen molar-refractivity contribution < 1.29 is 4.79 Å². The monoisotopic (exact) mass is 222 g/mol. The summed E-state index contributed by atoms with van der Waals surface area (Å²) in [5.74, 6) is 0.904. The summed E-state index contributed by atoms with van der Waals surface area (Å²) in [6.07, 6.45) is 6.37. The number of aromatic nitrogens is 3. The first-order valence-corrected chi connectivity index (χ1v) is 5.91. The second-order valence-electron chi connectivity index (χ2n) is 4.30. The van der Waals surface area contributed by atoms with Crippen LogP contribution in [0.25, 0.3) is 0 Å². The van der Waals surface area contributed by atoms with E-state index in [2.05, 4.69) is 10.3 Å². The van der Waals surface area contributed by atoms with Gasteiger partial charge in [0, 0.05) is 32.3 Å². The molecule has 0 spiro atoms. The van der Waals surface area contributed by atoms with Crippen LogP contribution in [0.4, 0.5) is 0 Å². The molecule has 0 radical (unpaired) electrons. The van der Waals surface area contributed by atoms with Crippen LogP contribution in [-0.2, 0) is 11.3 Å². The van der Waals surface area contributed by atoms with Gasteiger partial charge in [-0.15, -0.1) is 5.10 Å². The van der Waals surface area contributed by atoms with Crippen molar-refractivity contribution in [3.05, 3.63) is 12.4 Å². The number of hydrogen-bond donors (Lipinski definition) is 0. The Balaban J connectivity index is 1.79. The first-order valence-electron chi connectivity index (χ1n) is 5.91. The normalized spacial score (nSPS) is 17.7. The number of hydrogen-bond acceptors (Lipinski definition) is 3. The van der Waals surface area contributed by atoms with E-state index in [0.29, 0.717) is 12.3 Å². The Labute approximate surface area is 95.4 Å². The van der Waals surface area contributed by atoms with Gasteiger partial charge < -0.3 is 4.90 Å². The smallest absolute Gasteiger partial charge is 0.222 e. The van der Waals surface area contributed by atoms with Crippen molar-refractivity contribution in [1.82, 2.24) is 19.9 Å². The Morgan fingerprint density at radius 2 is 2.19 bits per heavy atom. The zero-order valence-corrected chi connectivity index (χ0v) is 9.67. The Hall–Kier alpha value is -1.39. The summed E-state index contributed by atoms with van der Waals surface area (Å²) in [4.78, 5) is 13.5. The highest BCUT2D eigenvalue weighted by Crippen LogP contribution is 2.19. The lowest BCUT2D eigenvalue weighted by Crippen LogP contribution is -2.39. The van der Waals surface area contributed by atoms with Crippen LogP contribution < -0.4 is 0 Å². The largest absolute Gasteiger partial charge is 0.343 e. The maximum Gasteiger partial charge on any atom is 0.222 e. The molecule has 1 fully saturated rings. The molecule has 5 nitrogen and oxygen atoms in total. The van der Waals surface area contributed by atoms with E-state index in [0.717, 1.165) is 32.5 Å². The zero-order chi connectivity index (χ0) is 11.4. The summed E-state index contributed by atoms with van der Waals surface area (Å²) in [5.41, 5.74) is 0. The minimum absolute atomic E-state index is 0.277. The minimum Gasteiger partial charge on any atom is -0.343 e. The molecular weight excluding hydrogens is 204 g/mol. The topological polar surface area (TPSA) is 51.0 Å². The summed E-state index contributed by atoms with van der Waals surface area (Å²) >= 11 is 0. The van der Waals surface area contributed by atoms with E-state index in [4.69, 9.17) is 0 Å². The molecule has 1 aromatic heterocycles. The van der Waals surface area contributed by atoms with Gasteiger partial charge in [-0.05, 0) is 18.8 Å². The number of likely N-dealkylation sites (tertiary alicyclic amines) is 1. The molecule has 5 heteroatoms. The number of piperidine rings is 1. The molecule has 0 bridgehead atoms. The zero-order valence-electron chi connectivity index (χ0n) is 9.67. The molecule has 2 heterocycles. The number of nitrogens with zero attached hydrogens (tertiary/aromatic N) is 4. The number of carbonyl (C=O) groups is 1. The highest BCUT2D eigenvalue weighted by atomic mass is 16.2. The summed E-state index contributed by atoms with van der Waals surface area (Å²) in [6, 6.07) is 0. The van der Waals surface area contributed by atoms with Gasteiger partial charge in [0.15, 0.2) is 0 Å². The lowest BCUT2D eigenvalue weighted by molar-refractivity contribution is -0.132. The van der Waals surface area contributed by atoms with Crippen LogP contribution in [0.2, 0.25) is 0 Å². The van der Waals surface area contributed by atoms with Gasteiger partial charge in [0.25, 0.3) is 0 Å². The van der Waals surface area contributed by atoms with Crippen LogP contribution >= 0.6 is 0 Å². The van der Waals surface area contributed by atoms with E-state index >= 15 is 0 Å². The van der Waals surface area contributed by atoms with Gasteiger partial charge in [-0.3, -0.25) is 9.48 Å². The van der Waals surface area contributed by atoms with Crippen molar-refractivity contribution >= 4 is 5.91 Å². The van der Waals surface area contributed by atoms with Crippen molar-refractivity contribution in [2.24, 2.45) is 5.92 Å². The number of carbonyl (C=O) groups excluding carboxylic acids is 1. The lowest BCUT2D eigenvalue weighted by Gasteiger charge is -2.31. The van der Waals surface area contributed by atoms with Gasteiger partial charge in [-0.25, -0.2) is 0 Å². The van der Waals surface area contributed by atoms with Gasteiger partial charge in [-0.2, -0.15) is 0 Å². The SMILES string of the molecule is CCC(=O)N1CCC(Cn2ccnn2)CC1. The number of amides is 1. The van der Waals surface area contributed by atoms with Crippen molar-refractivity contribution in [2.75, 3.05) is 13.1 Å². The first-order chi connectivity index (χ1) is 7.79. The first kappa shape index (κ1) is 11.1. The highest BCUT2D eigenvalue weighted by molar-refractivity contribution is 5.75. The molecule has 16 heavy (non-hydrogen) atoms. The van der Waals surface area contributed by atoms with Crippen LogP contribution in [0.5, 0.6) is 0 Å². The Kier molecular flexibility index (Phi) is 3.54. The molecule has 0 saturated carbocycles. The average molecular weight is 222 g/mol. The Morgan fingerprint density at radius 3 is 2.75 bits per heavy atom. The van der Waals surface area contributed by atoms with Gasteiger partial charge in [0.2, 0.25) is 5.91 Å². The second kappa shape index (κ2) is 5.09. The van der Waals surface area contributed by atoms with Crippen LogP contribution in [0.15, 0.2) is 12.4 Å². The predicted molar refractivity (Wildman–Crippen MR) is 59.6 cm³/mol. The summed E-state index contributed by atoms with van der Waals surface area (Å²) in [5, 5.41) is 7.76. The fourth-order valence-corrected chi connectivity index (χ4v) is 2.18. The highest BCUT2D eigenvalue weighted by Gasteiger charge is 2.21. The molecule has 2 rings (SSSR count). The van der Waals surface area contributed by atoms with E-state index in [1.54, 1.807) is 6.20 Å². The van der Waals surface area contributed by atoms with E-state index in [-0.39, 0.29) is 5.91 Å². The third-order valence-corrected chi connectivity index (χ3v) is 3.19. The summed E-state index contributed by atoms with van der Waals surface area (Å²) < 4.78 is 1.88. The van der Waals surface area contributed by atoms with Gasteiger partial charge in [0.05, 0.1) is 6.20 Å². The third-order valence-electron chi connectivity index (χ3n) is 3.19. The molecule has 1 amide bonds. The van der Waals surface area contributed by atoms with Crippen LogP contribution in [-0.4, -0.2) is 38.9 Å². The average Bonchev–Trinajstić information content (AvgIpc) is 2.82. The molecule has 1 aromatic rings. The Morgan fingerprint density at radius 1 is 1.44 bits per heavy atom.